The van der Waals surface area contributed by atoms with Gasteiger partial charge < -0.3 is 10.8 Å². The van der Waals surface area contributed by atoms with Crippen molar-refractivity contribution in [2.45, 2.75) is 70.1 Å². The van der Waals surface area contributed by atoms with Gasteiger partial charge in [0.1, 0.15) is 0 Å². The molecule has 4 atom stereocenters. The van der Waals surface area contributed by atoms with Gasteiger partial charge in [-0.25, -0.2) is 0 Å². The predicted octanol–water partition coefficient (Wildman–Crippen LogP) is 1.03. The third-order valence-corrected chi connectivity index (χ3v) is 4.96. The highest BCUT2D eigenvalue weighted by Crippen LogP contribution is 2.26. The van der Waals surface area contributed by atoms with Gasteiger partial charge in [-0.15, -0.1) is 0 Å². The lowest BCUT2D eigenvalue weighted by Crippen LogP contribution is -2.64. The maximum atomic E-state index is 9.75. The van der Waals surface area contributed by atoms with Crippen LogP contribution in [0.2, 0.25) is 0 Å². The fourth-order valence-corrected chi connectivity index (χ4v) is 3.85. The van der Waals surface area contributed by atoms with Crippen molar-refractivity contribution in [2.75, 3.05) is 26.2 Å². The van der Waals surface area contributed by atoms with Gasteiger partial charge in [-0.3, -0.25) is 9.80 Å². The lowest BCUT2D eigenvalue weighted by Gasteiger charge is -2.50. The van der Waals surface area contributed by atoms with Gasteiger partial charge in [-0.2, -0.15) is 0 Å². The molecule has 0 bridgehead atoms. The Labute approximate surface area is 117 Å². The monoisotopic (exact) mass is 269 g/mol. The van der Waals surface area contributed by atoms with Crippen LogP contribution < -0.4 is 5.73 Å². The van der Waals surface area contributed by atoms with E-state index in [1.54, 1.807) is 0 Å². The van der Waals surface area contributed by atoms with Gasteiger partial charge in [-0.1, -0.05) is 19.8 Å². The molecule has 4 nitrogen and oxygen atoms in total. The number of fused-ring (bicyclic) bond motifs is 1. The minimum absolute atomic E-state index is 0.104. The van der Waals surface area contributed by atoms with E-state index in [1.807, 2.05) is 0 Å². The Kier molecular flexibility index (Phi) is 5.63. The minimum Gasteiger partial charge on any atom is -0.395 e. The highest BCUT2D eigenvalue weighted by molar-refractivity contribution is 4.94. The lowest BCUT2D eigenvalue weighted by atomic mass is 9.93. The summed E-state index contributed by atoms with van der Waals surface area (Å²) in [6, 6.07) is 1.44. The fourth-order valence-electron chi connectivity index (χ4n) is 3.85. The second-order valence-electron chi connectivity index (χ2n) is 6.39. The first-order valence-corrected chi connectivity index (χ1v) is 8.03. The molecule has 2 rings (SSSR count). The number of nitrogens with two attached hydrogens (primary N) is 1. The number of aliphatic hydroxyl groups is 1. The quantitative estimate of drug-likeness (QED) is 0.783. The van der Waals surface area contributed by atoms with Gasteiger partial charge in [0, 0.05) is 37.3 Å². The van der Waals surface area contributed by atoms with Crippen LogP contribution in [-0.2, 0) is 0 Å². The van der Waals surface area contributed by atoms with Crippen molar-refractivity contribution in [3.63, 3.8) is 0 Å². The summed E-state index contributed by atoms with van der Waals surface area (Å²) in [6.07, 6.45) is 6.11. The van der Waals surface area contributed by atoms with Crippen molar-refractivity contribution in [3.05, 3.63) is 0 Å². The van der Waals surface area contributed by atoms with Crippen LogP contribution in [0.25, 0.3) is 0 Å². The van der Waals surface area contributed by atoms with E-state index in [2.05, 4.69) is 23.6 Å². The summed E-state index contributed by atoms with van der Waals surface area (Å²) in [5.41, 5.74) is 6.28. The number of aliphatic hydroxyl groups excluding tert-OH is 1. The van der Waals surface area contributed by atoms with E-state index in [0.29, 0.717) is 12.1 Å². The minimum atomic E-state index is 0.104. The molecule has 0 aromatic rings. The molecule has 0 radical (unpaired) electrons. The number of piperidine rings is 1. The summed E-state index contributed by atoms with van der Waals surface area (Å²) >= 11 is 0. The normalized spacial score (nSPS) is 32.8. The van der Waals surface area contributed by atoms with Crippen LogP contribution in [0.1, 0.15) is 46.0 Å². The van der Waals surface area contributed by atoms with Crippen molar-refractivity contribution >= 4 is 0 Å². The van der Waals surface area contributed by atoms with Crippen LogP contribution in [0.4, 0.5) is 0 Å². The molecule has 0 aromatic heterocycles. The third kappa shape index (κ3) is 3.48. The molecular formula is C15H31N3O. The number of piperazine rings is 1. The second kappa shape index (κ2) is 7.02. The summed E-state index contributed by atoms with van der Waals surface area (Å²) < 4.78 is 0. The van der Waals surface area contributed by atoms with Gasteiger partial charge in [0.25, 0.3) is 0 Å². The first-order valence-electron chi connectivity index (χ1n) is 8.03. The van der Waals surface area contributed by atoms with E-state index in [0.717, 1.165) is 25.9 Å². The van der Waals surface area contributed by atoms with E-state index in [9.17, 15) is 5.11 Å². The molecule has 2 heterocycles. The van der Waals surface area contributed by atoms with Gasteiger partial charge in [0.15, 0.2) is 0 Å². The molecule has 112 valence electrons. The van der Waals surface area contributed by atoms with Gasteiger partial charge in [0.05, 0.1) is 6.61 Å². The third-order valence-electron chi connectivity index (χ3n) is 4.96. The van der Waals surface area contributed by atoms with Crippen LogP contribution in [0.3, 0.4) is 0 Å². The van der Waals surface area contributed by atoms with Gasteiger partial charge >= 0.3 is 0 Å². The molecule has 4 unspecified atom stereocenters. The van der Waals surface area contributed by atoms with Gasteiger partial charge in [-0.05, 0) is 32.7 Å². The van der Waals surface area contributed by atoms with E-state index >= 15 is 0 Å². The SMILES string of the molecule is CCCC(N)C(CO)N1CC2CCCCN2CC1C. The number of nitrogens with zero attached hydrogens (tertiary/aromatic N) is 2. The van der Waals surface area contributed by atoms with Crippen LogP contribution in [0.15, 0.2) is 0 Å². The Morgan fingerprint density at radius 2 is 2.11 bits per heavy atom. The molecule has 19 heavy (non-hydrogen) atoms. The highest BCUT2D eigenvalue weighted by atomic mass is 16.3. The van der Waals surface area contributed by atoms with E-state index < -0.39 is 0 Å². The first-order chi connectivity index (χ1) is 9.17. The van der Waals surface area contributed by atoms with E-state index in [4.69, 9.17) is 5.73 Å². The Balaban J connectivity index is 2.01. The molecular weight excluding hydrogens is 238 g/mol. The average Bonchev–Trinajstić information content (AvgIpc) is 2.40. The molecule has 3 N–H and O–H groups in total. The smallest absolute Gasteiger partial charge is 0.0602 e. The van der Waals surface area contributed by atoms with E-state index in [-0.39, 0.29) is 18.7 Å². The van der Waals surface area contributed by atoms with Crippen molar-refractivity contribution in [1.29, 1.82) is 0 Å². The molecule has 0 amide bonds. The molecule has 2 aliphatic heterocycles. The summed E-state index contributed by atoms with van der Waals surface area (Å²) in [5.74, 6) is 0. The Hall–Kier alpha value is -0.160. The Morgan fingerprint density at radius 1 is 1.32 bits per heavy atom. The number of hydrogen-bond acceptors (Lipinski definition) is 4. The van der Waals surface area contributed by atoms with Crippen molar-refractivity contribution in [1.82, 2.24) is 9.80 Å². The van der Waals surface area contributed by atoms with Crippen molar-refractivity contribution < 1.29 is 5.11 Å². The van der Waals surface area contributed by atoms with Crippen LogP contribution >= 0.6 is 0 Å². The van der Waals surface area contributed by atoms with Crippen molar-refractivity contribution in [2.24, 2.45) is 5.73 Å². The number of rotatable bonds is 5. The molecule has 0 saturated carbocycles. The highest BCUT2D eigenvalue weighted by Gasteiger charge is 2.37. The Bertz CT molecular complexity index is 274. The zero-order valence-corrected chi connectivity index (χ0v) is 12.6. The van der Waals surface area contributed by atoms with Crippen LogP contribution in [0, 0.1) is 0 Å². The largest absolute Gasteiger partial charge is 0.395 e. The molecule has 0 aromatic carbocycles. The summed E-state index contributed by atoms with van der Waals surface area (Å²) in [7, 11) is 0. The van der Waals surface area contributed by atoms with E-state index in [1.165, 1.54) is 25.8 Å². The second-order valence-corrected chi connectivity index (χ2v) is 6.39. The topological polar surface area (TPSA) is 52.7 Å². The van der Waals surface area contributed by atoms with Crippen LogP contribution in [0.5, 0.6) is 0 Å². The summed E-state index contributed by atoms with van der Waals surface area (Å²) in [4.78, 5) is 5.12. The summed E-state index contributed by atoms with van der Waals surface area (Å²) in [5, 5.41) is 9.75. The predicted molar refractivity (Wildman–Crippen MR) is 79.1 cm³/mol. The van der Waals surface area contributed by atoms with Crippen molar-refractivity contribution in [3.8, 4) is 0 Å². The lowest BCUT2D eigenvalue weighted by molar-refractivity contribution is -0.0277. The molecule has 4 heteroatoms. The molecule has 0 spiro atoms. The zero-order chi connectivity index (χ0) is 13.8. The summed E-state index contributed by atoms with van der Waals surface area (Å²) in [6.45, 7) is 8.12. The maximum absolute atomic E-state index is 9.75. The fraction of sp³-hybridized carbons (Fsp3) is 1.00. The average molecular weight is 269 g/mol. The molecule has 2 aliphatic rings. The maximum Gasteiger partial charge on any atom is 0.0602 e. The number of hydrogen-bond donors (Lipinski definition) is 2. The van der Waals surface area contributed by atoms with Gasteiger partial charge in [0.2, 0.25) is 0 Å². The molecule has 2 saturated heterocycles. The Morgan fingerprint density at radius 3 is 2.79 bits per heavy atom. The van der Waals surface area contributed by atoms with Crippen LogP contribution in [-0.4, -0.2) is 65.3 Å². The zero-order valence-electron chi connectivity index (χ0n) is 12.6. The molecule has 2 fully saturated rings. The first kappa shape index (κ1) is 15.2. The standard InChI is InChI=1S/C15H31N3O/c1-3-6-14(16)15(11-19)18-10-13-7-4-5-8-17(13)9-12(18)2/h12-15,19H,3-11,16H2,1-2H3. The molecule has 0 aliphatic carbocycles.